The van der Waals surface area contributed by atoms with E-state index in [-0.39, 0.29) is 11.7 Å². The molecule has 1 N–H and O–H groups in total. The van der Waals surface area contributed by atoms with E-state index in [0.29, 0.717) is 28.3 Å². The lowest BCUT2D eigenvalue weighted by Gasteiger charge is -2.12. The number of amides is 1. The number of hydrogen-bond acceptors (Lipinski definition) is 5. The van der Waals surface area contributed by atoms with Crippen molar-refractivity contribution in [2.45, 2.75) is 18.5 Å². The van der Waals surface area contributed by atoms with Crippen molar-refractivity contribution in [3.05, 3.63) is 53.6 Å². The molecule has 28 heavy (non-hydrogen) atoms. The highest BCUT2D eigenvalue weighted by Crippen LogP contribution is 2.32. The number of methoxy groups -OCH3 is 1. The first-order valence-corrected chi connectivity index (χ1v) is 10.2. The highest BCUT2D eigenvalue weighted by molar-refractivity contribution is 7.99. The fraction of sp³-hybridized carbons (Fsp3) is 0.250. The maximum absolute atomic E-state index is 12.0. The second-order valence-corrected chi connectivity index (χ2v) is 7.31. The van der Waals surface area contributed by atoms with Crippen molar-refractivity contribution in [2.75, 3.05) is 19.4 Å². The normalized spacial score (nSPS) is 10.7. The lowest BCUT2D eigenvalue weighted by molar-refractivity contribution is -0.118. The van der Waals surface area contributed by atoms with Crippen LogP contribution in [0.2, 0.25) is 5.02 Å². The van der Waals surface area contributed by atoms with Gasteiger partial charge in [0.15, 0.2) is 11.0 Å². The molecule has 0 aliphatic heterocycles. The Hall–Kier alpha value is -2.51. The largest absolute Gasteiger partial charge is 0.495 e. The summed E-state index contributed by atoms with van der Waals surface area (Å²) in [6.07, 6.45) is 0.898. The van der Waals surface area contributed by atoms with E-state index in [1.165, 1.54) is 11.8 Å². The summed E-state index contributed by atoms with van der Waals surface area (Å²) in [4.78, 5) is 12.0. The van der Waals surface area contributed by atoms with E-state index in [2.05, 4.69) is 15.5 Å². The van der Waals surface area contributed by atoms with Crippen molar-refractivity contribution in [3.63, 3.8) is 0 Å². The van der Waals surface area contributed by atoms with E-state index in [1.807, 2.05) is 47.9 Å². The van der Waals surface area contributed by atoms with Crippen LogP contribution in [0.3, 0.4) is 0 Å². The molecular formula is C20H21ClN4O2S. The summed E-state index contributed by atoms with van der Waals surface area (Å²) in [6, 6.07) is 15.3. The van der Waals surface area contributed by atoms with Gasteiger partial charge in [-0.25, -0.2) is 0 Å². The molecule has 0 fully saturated rings. The first kappa shape index (κ1) is 20.2. The van der Waals surface area contributed by atoms with Gasteiger partial charge < -0.3 is 10.1 Å². The van der Waals surface area contributed by atoms with Crippen LogP contribution in [0.5, 0.6) is 5.75 Å². The fourth-order valence-corrected chi connectivity index (χ4v) is 3.64. The fourth-order valence-electron chi connectivity index (χ4n) is 2.61. The van der Waals surface area contributed by atoms with Crippen LogP contribution in [0.4, 0.5) is 0 Å². The molecule has 0 aliphatic rings. The molecule has 0 bridgehead atoms. The Morgan fingerprint density at radius 2 is 2.00 bits per heavy atom. The van der Waals surface area contributed by atoms with Crippen LogP contribution in [0.25, 0.3) is 17.1 Å². The Morgan fingerprint density at radius 1 is 1.21 bits per heavy atom. The second-order valence-electron chi connectivity index (χ2n) is 5.97. The minimum absolute atomic E-state index is 0.0320. The van der Waals surface area contributed by atoms with E-state index in [9.17, 15) is 4.79 Å². The monoisotopic (exact) mass is 416 g/mol. The Balaban J connectivity index is 1.98. The maximum atomic E-state index is 12.0. The third kappa shape index (κ3) is 4.66. The van der Waals surface area contributed by atoms with Crippen molar-refractivity contribution in [2.24, 2.45) is 0 Å². The van der Waals surface area contributed by atoms with Gasteiger partial charge in [0.05, 0.1) is 23.6 Å². The smallest absolute Gasteiger partial charge is 0.230 e. The molecule has 3 rings (SSSR count). The summed E-state index contributed by atoms with van der Waals surface area (Å²) >= 11 is 7.67. The zero-order chi connectivity index (χ0) is 19.9. The van der Waals surface area contributed by atoms with Crippen LogP contribution in [0, 0.1) is 0 Å². The third-order valence-corrected chi connectivity index (χ3v) is 5.19. The van der Waals surface area contributed by atoms with E-state index >= 15 is 0 Å². The molecule has 1 aromatic heterocycles. The maximum Gasteiger partial charge on any atom is 0.230 e. The zero-order valence-corrected chi connectivity index (χ0v) is 17.3. The molecule has 1 amide bonds. The number of nitrogens with zero attached hydrogens (tertiary/aromatic N) is 3. The van der Waals surface area contributed by atoms with Gasteiger partial charge in [-0.05, 0) is 24.6 Å². The molecule has 6 nitrogen and oxygen atoms in total. The number of rotatable bonds is 8. The molecule has 146 valence electrons. The average Bonchev–Trinajstić information content (AvgIpc) is 3.15. The van der Waals surface area contributed by atoms with Crippen molar-refractivity contribution in [1.82, 2.24) is 20.1 Å². The van der Waals surface area contributed by atoms with E-state index in [4.69, 9.17) is 16.3 Å². The van der Waals surface area contributed by atoms with Gasteiger partial charge in [0, 0.05) is 12.1 Å². The highest BCUT2D eigenvalue weighted by atomic mass is 35.5. The number of halogens is 1. The molecule has 0 saturated heterocycles. The van der Waals surface area contributed by atoms with Gasteiger partial charge in [-0.15, -0.1) is 10.2 Å². The number of benzene rings is 2. The summed E-state index contributed by atoms with van der Waals surface area (Å²) < 4.78 is 7.15. The van der Waals surface area contributed by atoms with Gasteiger partial charge in [0.2, 0.25) is 5.91 Å². The Kier molecular flexibility index (Phi) is 6.95. The molecule has 0 aliphatic carbocycles. The number of carbonyl (C=O) groups is 1. The Labute approximate surface area is 173 Å². The van der Waals surface area contributed by atoms with E-state index in [0.717, 1.165) is 17.7 Å². The van der Waals surface area contributed by atoms with Crippen LogP contribution in [-0.2, 0) is 4.79 Å². The summed E-state index contributed by atoms with van der Waals surface area (Å²) in [6.45, 7) is 2.68. The predicted octanol–water partition coefficient (Wildman–Crippen LogP) is 4.21. The number of aromatic nitrogens is 3. The number of thioether (sulfide) groups is 1. The zero-order valence-electron chi connectivity index (χ0n) is 15.7. The molecule has 3 aromatic rings. The minimum atomic E-state index is -0.0320. The number of nitrogens with one attached hydrogen (secondary N) is 1. The molecule has 8 heteroatoms. The van der Waals surface area contributed by atoms with Gasteiger partial charge in [-0.3, -0.25) is 9.36 Å². The Bertz CT molecular complexity index is 947. The Morgan fingerprint density at radius 3 is 2.68 bits per heavy atom. The van der Waals surface area contributed by atoms with Crippen molar-refractivity contribution in [1.29, 1.82) is 0 Å². The molecule has 0 saturated carbocycles. The van der Waals surface area contributed by atoms with Crippen LogP contribution in [-0.4, -0.2) is 40.1 Å². The van der Waals surface area contributed by atoms with Gasteiger partial charge >= 0.3 is 0 Å². The summed E-state index contributed by atoms with van der Waals surface area (Å²) in [7, 11) is 1.57. The second kappa shape index (κ2) is 9.61. The molecule has 0 unspecified atom stereocenters. The minimum Gasteiger partial charge on any atom is -0.495 e. The van der Waals surface area contributed by atoms with Crippen molar-refractivity contribution >= 4 is 29.3 Å². The van der Waals surface area contributed by atoms with Gasteiger partial charge in [0.25, 0.3) is 0 Å². The molecule has 0 atom stereocenters. The first-order chi connectivity index (χ1) is 13.6. The van der Waals surface area contributed by atoms with Crippen LogP contribution in [0.15, 0.2) is 53.7 Å². The average molecular weight is 417 g/mol. The molecule has 2 aromatic carbocycles. The topological polar surface area (TPSA) is 69.0 Å². The summed E-state index contributed by atoms with van der Waals surface area (Å²) in [5.41, 5.74) is 1.72. The van der Waals surface area contributed by atoms with Gasteiger partial charge in [0.1, 0.15) is 5.75 Å². The number of ether oxygens (including phenoxy) is 1. The standard InChI is InChI=1S/C20H21ClN4O2S/c1-3-11-22-18(26)13-28-20-24-23-19(14-7-5-4-6-8-14)25(20)15-9-10-17(27-2)16(21)12-15/h4-10,12H,3,11,13H2,1-2H3,(H,22,26). The number of carbonyl (C=O) groups excluding carboxylic acids is 1. The van der Waals surface area contributed by atoms with Crippen LogP contribution < -0.4 is 10.1 Å². The molecule has 0 radical (unpaired) electrons. The lowest BCUT2D eigenvalue weighted by Crippen LogP contribution is -2.25. The molecule has 0 spiro atoms. The predicted molar refractivity (Wildman–Crippen MR) is 112 cm³/mol. The van der Waals surface area contributed by atoms with Gasteiger partial charge in [-0.1, -0.05) is 60.6 Å². The molecule has 1 heterocycles. The summed E-state index contributed by atoms with van der Waals surface area (Å²) in [5, 5.41) is 12.7. The quantitative estimate of drug-likeness (QED) is 0.557. The van der Waals surface area contributed by atoms with Crippen molar-refractivity contribution < 1.29 is 9.53 Å². The van der Waals surface area contributed by atoms with E-state index < -0.39 is 0 Å². The first-order valence-electron chi connectivity index (χ1n) is 8.88. The molecular weight excluding hydrogens is 396 g/mol. The van der Waals surface area contributed by atoms with Crippen LogP contribution >= 0.6 is 23.4 Å². The lowest BCUT2D eigenvalue weighted by atomic mass is 10.2. The van der Waals surface area contributed by atoms with Gasteiger partial charge in [-0.2, -0.15) is 0 Å². The third-order valence-electron chi connectivity index (χ3n) is 3.96. The number of hydrogen-bond donors (Lipinski definition) is 1. The highest BCUT2D eigenvalue weighted by Gasteiger charge is 2.18. The summed E-state index contributed by atoms with van der Waals surface area (Å²) in [5.74, 6) is 1.50. The van der Waals surface area contributed by atoms with Crippen LogP contribution in [0.1, 0.15) is 13.3 Å². The van der Waals surface area contributed by atoms with E-state index in [1.54, 1.807) is 19.2 Å². The SMILES string of the molecule is CCCNC(=O)CSc1nnc(-c2ccccc2)n1-c1ccc(OC)c(Cl)c1. The van der Waals surface area contributed by atoms with Crippen molar-refractivity contribution in [3.8, 4) is 22.8 Å².